The molecule has 1 aliphatic rings. The molecule has 0 aliphatic carbocycles. The Hall–Kier alpha value is -0.380. The van der Waals surface area contributed by atoms with Crippen LogP contribution in [0.2, 0.25) is 0 Å². The molecule has 0 unspecified atom stereocenters. The van der Waals surface area contributed by atoms with Crippen molar-refractivity contribution in [2.75, 3.05) is 32.7 Å². The number of benzene rings is 1. The summed E-state index contributed by atoms with van der Waals surface area (Å²) in [6.45, 7) is 10.4. The third-order valence-corrected chi connectivity index (χ3v) is 4.78. The Balaban J connectivity index is 1.74. The van der Waals surface area contributed by atoms with Crippen molar-refractivity contribution in [2.24, 2.45) is 0 Å². The molecule has 0 bridgehead atoms. The van der Waals surface area contributed by atoms with E-state index in [0.29, 0.717) is 0 Å². The van der Waals surface area contributed by atoms with Crippen LogP contribution in [-0.2, 0) is 6.42 Å². The van der Waals surface area contributed by atoms with Crippen LogP contribution in [0.25, 0.3) is 0 Å². The van der Waals surface area contributed by atoms with Crippen molar-refractivity contribution in [3.8, 4) is 0 Å². The van der Waals surface area contributed by atoms with E-state index in [1.165, 1.54) is 60.1 Å². The first kappa shape index (κ1) is 15.0. The average Bonchev–Trinajstić information content (AvgIpc) is 2.41. The van der Waals surface area contributed by atoms with E-state index < -0.39 is 0 Å². The van der Waals surface area contributed by atoms with Gasteiger partial charge in [0.05, 0.1) is 0 Å². The molecular weight excluding hydrogens is 300 g/mol. The fourth-order valence-corrected chi connectivity index (χ4v) is 3.27. The van der Waals surface area contributed by atoms with E-state index in [9.17, 15) is 0 Å². The number of piperazine rings is 1. The predicted molar refractivity (Wildman–Crippen MR) is 85.9 cm³/mol. The molecule has 106 valence electrons. The minimum Gasteiger partial charge on any atom is -0.314 e. The molecule has 2 nitrogen and oxygen atoms in total. The summed E-state index contributed by atoms with van der Waals surface area (Å²) in [5.41, 5.74) is 4.24. The average molecular weight is 325 g/mol. The van der Waals surface area contributed by atoms with E-state index in [2.05, 4.69) is 52.1 Å². The van der Waals surface area contributed by atoms with Gasteiger partial charge in [0.2, 0.25) is 0 Å². The smallest absolute Gasteiger partial charge is 0.0210 e. The standard InChI is InChI=1S/C16H25BrN2/c1-13-11-15(16(17)12-14(13)2)5-3-4-8-19-9-6-18-7-10-19/h11-12,18H,3-10H2,1-2H3. The predicted octanol–water partition coefficient (Wildman–Crippen LogP) is 3.29. The number of rotatable bonds is 5. The molecule has 1 aromatic rings. The molecule has 19 heavy (non-hydrogen) atoms. The maximum Gasteiger partial charge on any atom is 0.0210 e. The van der Waals surface area contributed by atoms with Gasteiger partial charge in [-0.15, -0.1) is 0 Å². The summed E-state index contributed by atoms with van der Waals surface area (Å²) in [6.07, 6.45) is 3.78. The Morgan fingerprint density at radius 3 is 2.53 bits per heavy atom. The highest BCUT2D eigenvalue weighted by Crippen LogP contribution is 2.23. The van der Waals surface area contributed by atoms with Crippen molar-refractivity contribution in [1.82, 2.24) is 10.2 Å². The van der Waals surface area contributed by atoms with Gasteiger partial charge in [0.1, 0.15) is 0 Å². The fraction of sp³-hybridized carbons (Fsp3) is 0.625. The SMILES string of the molecule is Cc1cc(Br)c(CCCCN2CCNCC2)cc1C. The second-order valence-electron chi connectivity index (χ2n) is 5.58. The summed E-state index contributed by atoms with van der Waals surface area (Å²) in [6, 6.07) is 4.59. The zero-order chi connectivity index (χ0) is 13.7. The Bertz CT molecular complexity index is 411. The Morgan fingerprint density at radius 2 is 1.79 bits per heavy atom. The number of hydrogen-bond donors (Lipinski definition) is 1. The third kappa shape index (κ3) is 4.59. The van der Waals surface area contributed by atoms with E-state index >= 15 is 0 Å². The van der Waals surface area contributed by atoms with Crippen LogP contribution in [0.3, 0.4) is 0 Å². The molecule has 2 rings (SSSR count). The second kappa shape index (κ2) is 7.41. The van der Waals surface area contributed by atoms with Gasteiger partial charge in [-0.1, -0.05) is 22.0 Å². The summed E-state index contributed by atoms with van der Waals surface area (Å²) < 4.78 is 1.28. The molecular formula is C16H25BrN2. The molecule has 1 heterocycles. The van der Waals surface area contributed by atoms with Crippen molar-refractivity contribution in [2.45, 2.75) is 33.1 Å². The van der Waals surface area contributed by atoms with Crippen molar-refractivity contribution >= 4 is 15.9 Å². The monoisotopic (exact) mass is 324 g/mol. The molecule has 0 spiro atoms. The minimum absolute atomic E-state index is 1.16. The molecule has 1 aromatic carbocycles. The van der Waals surface area contributed by atoms with Gasteiger partial charge in [0.25, 0.3) is 0 Å². The van der Waals surface area contributed by atoms with Crippen LogP contribution in [0.1, 0.15) is 29.5 Å². The molecule has 3 heteroatoms. The number of halogens is 1. The molecule has 0 saturated carbocycles. The van der Waals surface area contributed by atoms with Crippen LogP contribution in [-0.4, -0.2) is 37.6 Å². The lowest BCUT2D eigenvalue weighted by Crippen LogP contribution is -2.43. The fourth-order valence-electron chi connectivity index (χ4n) is 2.62. The molecule has 0 amide bonds. The molecule has 1 N–H and O–H groups in total. The Kier molecular flexibility index (Phi) is 5.86. The third-order valence-electron chi connectivity index (χ3n) is 4.04. The number of hydrogen-bond acceptors (Lipinski definition) is 2. The van der Waals surface area contributed by atoms with E-state index in [1.807, 2.05) is 0 Å². The van der Waals surface area contributed by atoms with Gasteiger partial charge in [0, 0.05) is 30.7 Å². The number of aryl methyl sites for hydroxylation is 3. The lowest BCUT2D eigenvalue weighted by Gasteiger charge is -2.27. The lowest BCUT2D eigenvalue weighted by atomic mass is 10.0. The normalized spacial score (nSPS) is 16.8. The van der Waals surface area contributed by atoms with Crippen molar-refractivity contribution in [3.05, 3.63) is 33.3 Å². The highest BCUT2D eigenvalue weighted by molar-refractivity contribution is 9.10. The van der Waals surface area contributed by atoms with Crippen LogP contribution in [0.15, 0.2) is 16.6 Å². The van der Waals surface area contributed by atoms with Crippen LogP contribution in [0.5, 0.6) is 0 Å². The van der Waals surface area contributed by atoms with E-state index in [-0.39, 0.29) is 0 Å². The first-order valence-electron chi connectivity index (χ1n) is 7.35. The quantitative estimate of drug-likeness (QED) is 0.836. The van der Waals surface area contributed by atoms with Gasteiger partial charge >= 0.3 is 0 Å². The van der Waals surface area contributed by atoms with Gasteiger partial charge in [-0.3, -0.25) is 0 Å². The summed E-state index contributed by atoms with van der Waals surface area (Å²) in [7, 11) is 0. The number of unbranched alkanes of at least 4 members (excludes halogenated alkanes) is 1. The first-order chi connectivity index (χ1) is 9.16. The second-order valence-corrected chi connectivity index (χ2v) is 6.43. The van der Waals surface area contributed by atoms with Gasteiger partial charge in [0.15, 0.2) is 0 Å². The zero-order valence-corrected chi connectivity index (χ0v) is 13.7. The van der Waals surface area contributed by atoms with Gasteiger partial charge < -0.3 is 10.2 Å². The van der Waals surface area contributed by atoms with Crippen LogP contribution in [0, 0.1) is 13.8 Å². The van der Waals surface area contributed by atoms with Crippen LogP contribution < -0.4 is 5.32 Å². The number of nitrogens with zero attached hydrogens (tertiary/aromatic N) is 1. The number of nitrogens with one attached hydrogen (secondary N) is 1. The molecule has 0 radical (unpaired) electrons. The van der Waals surface area contributed by atoms with Gasteiger partial charge in [-0.25, -0.2) is 0 Å². The molecule has 1 saturated heterocycles. The largest absolute Gasteiger partial charge is 0.314 e. The van der Waals surface area contributed by atoms with Gasteiger partial charge in [-0.2, -0.15) is 0 Å². The summed E-state index contributed by atoms with van der Waals surface area (Å²) in [4.78, 5) is 2.58. The molecule has 0 aromatic heterocycles. The molecule has 1 aliphatic heterocycles. The topological polar surface area (TPSA) is 15.3 Å². The first-order valence-corrected chi connectivity index (χ1v) is 8.15. The van der Waals surface area contributed by atoms with Crippen molar-refractivity contribution in [1.29, 1.82) is 0 Å². The summed E-state index contributed by atoms with van der Waals surface area (Å²) in [5.74, 6) is 0. The van der Waals surface area contributed by atoms with E-state index in [0.717, 1.165) is 13.1 Å². The lowest BCUT2D eigenvalue weighted by molar-refractivity contribution is 0.237. The van der Waals surface area contributed by atoms with Crippen molar-refractivity contribution < 1.29 is 0 Å². The molecule has 0 atom stereocenters. The molecule has 1 fully saturated rings. The van der Waals surface area contributed by atoms with Crippen molar-refractivity contribution in [3.63, 3.8) is 0 Å². The van der Waals surface area contributed by atoms with E-state index in [4.69, 9.17) is 0 Å². The van der Waals surface area contributed by atoms with Crippen LogP contribution >= 0.6 is 15.9 Å². The van der Waals surface area contributed by atoms with Crippen LogP contribution in [0.4, 0.5) is 0 Å². The maximum absolute atomic E-state index is 3.69. The maximum atomic E-state index is 3.69. The zero-order valence-electron chi connectivity index (χ0n) is 12.1. The summed E-state index contributed by atoms with van der Waals surface area (Å²) in [5, 5.41) is 3.40. The minimum atomic E-state index is 1.16. The highest BCUT2D eigenvalue weighted by atomic mass is 79.9. The Morgan fingerprint density at radius 1 is 1.11 bits per heavy atom. The Labute approximate surface area is 125 Å². The summed E-state index contributed by atoms with van der Waals surface area (Å²) >= 11 is 3.69. The van der Waals surface area contributed by atoms with E-state index in [1.54, 1.807) is 0 Å². The highest BCUT2D eigenvalue weighted by Gasteiger charge is 2.09. The van der Waals surface area contributed by atoms with Gasteiger partial charge in [-0.05, 0) is 62.4 Å².